The lowest BCUT2D eigenvalue weighted by atomic mass is 10.1. The number of rotatable bonds is 12. The number of anilines is 1. The van der Waals surface area contributed by atoms with Gasteiger partial charge in [-0.05, 0) is 73.9 Å². The largest absolute Gasteiger partial charge is 0.354 e. The van der Waals surface area contributed by atoms with Crippen molar-refractivity contribution in [3.8, 4) is 0 Å². The van der Waals surface area contributed by atoms with Crippen molar-refractivity contribution in [3.05, 3.63) is 92.9 Å². The number of nitrogens with one attached hydrogen (secondary N) is 1. The number of nitrogens with zero attached hydrogens (tertiary/aromatic N) is 2. The Hall–Kier alpha value is -2.78. The average molecular weight is 625 g/mol. The minimum absolute atomic E-state index is 0.0206. The van der Waals surface area contributed by atoms with Crippen molar-refractivity contribution in [2.75, 3.05) is 17.4 Å². The number of amides is 2. The Bertz CT molecular complexity index is 1430. The van der Waals surface area contributed by atoms with Crippen LogP contribution in [0.3, 0.4) is 0 Å². The lowest BCUT2D eigenvalue weighted by Crippen LogP contribution is -2.52. The molecule has 2 amide bonds. The van der Waals surface area contributed by atoms with E-state index in [-0.39, 0.29) is 23.0 Å². The Morgan fingerprint density at radius 3 is 2.12 bits per heavy atom. The van der Waals surface area contributed by atoms with Gasteiger partial charge >= 0.3 is 0 Å². The fourth-order valence-corrected chi connectivity index (χ4v) is 5.95. The fraction of sp³-hybridized carbons (Fsp3) is 0.310. The highest BCUT2D eigenvalue weighted by atomic mass is 35.5. The molecule has 1 unspecified atom stereocenters. The van der Waals surface area contributed by atoms with Crippen LogP contribution < -0.4 is 9.62 Å². The zero-order valence-corrected chi connectivity index (χ0v) is 25.6. The van der Waals surface area contributed by atoms with E-state index < -0.39 is 28.5 Å². The van der Waals surface area contributed by atoms with Crippen LogP contribution in [0.25, 0.3) is 0 Å². The molecule has 0 aliphatic heterocycles. The third-order valence-electron chi connectivity index (χ3n) is 6.27. The molecular weight excluding hydrogens is 593 g/mol. The Kier molecular flexibility index (Phi) is 11.3. The molecule has 0 saturated heterocycles. The normalized spacial score (nSPS) is 12.1. The summed E-state index contributed by atoms with van der Waals surface area (Å²) in [6, 6.07) is 16.7. The van der Waals surface area contributed by atoms with Gasteiger partial charge in [-0.25, -0.2) is 8.42 Å². The minimum atomic E-state index is -4.16. The van der Waals surface area contributed by atoms with Gasteiger partial charge in [-0.15, -0.1) is 0 Å². The maximum atomic E-state index is 14.0. The SMILES string of the molecule is CCCNC(=O)C(CC)N(Cc1ccc(Cl)c(Cl)c1)C(=O)CN(c1ccc(Cl)cc1)S(=O)(=O)c1ccc(C)cc1. The first-order valence-electron chi connectivity index (χ1n) is 12.8. The summed E-state index contributed by atoms with van der Waals surface area (Å²) >= 11 is 18.4. The van der Waals surface area contributed by atoms with E-state index in [1.54, 1.807) is 49.4 Å². The summed E-state index contributed by atoms with van der Waals surface area (Å²) in [6.07, 6.45) is 1.04. The summed E-state index contributed by atoms with van der Waals surface area (Å²) in [7, 11) is -4.16. The molecule has 214 valence electrons. The van der Waals surface area contributed by atoms with Crippen molar-refractivity contribution in [1.29, 1.82) is 0 Å². The quantitative estimate of drug-likeness (QED) is 0.250. The number of aryl methyl sites for hydroxylation is 1. The monoisotopic (exact) mass is 623 g/mol. The summed E-state index contributed by atoms with van der Waals surface area (Å²) in [5, 5.41) is 3.93. The Labute approximate surface area is 251 Å². The van der Waals surface area contributed by atoms with E-state index in [1.165, 1.54) is 29.2 Å². The molecule has 40 heavy (non-hydrogen) atoms. The minimum Gasteiger partial charge on any atom is -0.354 e. The smallest absolute Gasteiger partial charge is 0.264 e. The molecule has 0 aliphatic carbocycles. The van der Waals surface area contributed by atoms with Crippen LogP contribution in [0.1, 0.15) is 37.8 Å². The topological polar surface area (TPSA) is 86.8 Å². The molecule has 1 N–H and O–H groups in total. The second kappa shape index (κ2) is 14.2. The molecule has 0 spiro atoms. The zero-order chi connectivity index (χ0) is 29.4. The Balaban J connectivity index is 2.06. The van der Waals surface area contributed by atoms with Crippen molar-refractivity contribution in [3.63, 3.8) is 0 Å². The average Bonchev–Trinajstić information content (AvgIpc) is 2.93. The predicted molar refractivity (Wildman–Crippen MR) is 162 cm³/mol. The summed E-state index contributed by atoms with van der Waals surface area (Å²) in [4.78, 5) is 28.6. The summed E-state index contributed by atoms with van der Waals surface area (Å²) in [5.41, 5.74) is 1.80. The first kappa shape index (κ1) is 31.7. The molecule has 3 aromatic carbocycles. The lowest BCUT2D eigenvalue weighted by molar-refractivity contribution is -0.140. The van der Waals surface area contributed by atoms with E-state index in [4.69, 9.17) is 34.8 Å². The lowest BCUT2D eigenvalue weighted by Gasteiger charge is -2.33. The molecule has 0 saturated carbocycles. The van der Waals surface area contributed by atoms with Gasteiger partial charge in [-0.3, -0.25) is 13.9 Å². The highest BCUT2D eigenvalue weighted by molar-refractivity contribution is 7.92. The molecule has 11 heteroatoms. The van der Waals surface area contributed by atoms with Gasteiger partial charge in [0.2, 0.25) is 11.8 Å². The van der Waals surface area contributed by atoms with Crippen molar-refractivity contribution in [2.45, 2.75) is 51.1 Å². The number of hydrogen-bond donors (Lipinski definition) is 1. The van der Waals surface area contributed by atoms with Gasteiger partial charge < -0.3 is 10.2 Å². The van der Waals surface area contributed by atoms with Gasteiger partial charge in [-0.2, -0.15) is 0 Å². The van der Waals surface area contributed by atoms with Gasteiger partial charge in [0.15, 0.2) is 0 Å². The number of sulfonamides is 1. The molecule has 0 aliphatic rings. The van der Waals surface area contributed by atoms with Gasteiger partial charge in [0.05, 0.1) is 20.6 Å². The maximum Gasteiger partial charge on any atom is 0.264 e. The van der Waals surface area contributed by atoms with Crippen LogP contribution in [0.4, 0.5) is 5.69 Å². The zero-order valence-electron chi connectivity index (χ0n) is 22.5. The summed E-state index contributed by atoms with van der Waals surface area (Å²) < 4.78 is 28.7. The van der Waals surface area contributed by atoms with Crippen LogP contribution in [-0.2, 0) is 26.2 Å². The summed E-state index contributed by atoms with van der Waals surface area (Å²) in [6.45, 7) is 5.50. The van der Waals surface area contributed by atoms with E-state index in [2.05, 4.69) is 5.32 Å². The van der Waals surface area contributed by atoms with Gasteiger partial charge in [0, 0.05) is 18.1 Å². The van der Waals surface area contributed by atoms with E-state index >= 15 is 0 Å². The number of benzene rings is 3. The highest BCUT2D eigenvalue weighted by Gasteiger charge is 2.33. The molecule has 7 nitrogen and oxygen atoms in total. The molecule has 1 atom stereocenters. The second-order valence-corrected chi connectivity index (χ2v) is 12.4. The van der Waals surface area contributed by atoms with Gasteiger partial charge in [0.1, 0.15) is 12.6 Å². The number of halogens is 3. The molecular formula is C29H32Cl3N3O4S. The van der Waals surface area contributed by atoms with Crippen molar-refractivity contribution >= 4 is 62.3 Å². The standard InChI is InChI=1S/C29H32Cl3N3O4S/c1-4-16-33-29(37)27(5-2)34(18-21-8-15-25(31)26(32)17-21)28(36)19-35(23-11-9-22(30)10-12-23)40(38,39)24-13-6-20(3)7-14-24/h6-15,17,27H,4-5,16,18-19H2,1-3H3,(H,33,37). The second-order valence-electron chi connectivity index (χ2n) is 9.29. The Morgan fingerprint density at radius 1 is 0.900 bits per heavy atom. The molecule has 0 heterocycles. The predicted octanol–water partition coefficient (Wildman–Crippen LogP) is 6.48. The molecule has 0 aromatic heterocycles. The molecule has 0 bridgehead atoms. The molecule has 3 rings (SSSR count). The van der Waals surface area contributed by atoms with Crippen LogP contribution in [0.5, 0.6) is 0 Å². The van der Waals surface area contributed by atoms with Crippen LogP contribution >= 0.6 is 34.8 Å². The van der Waals surface area contributed by atoms with Crippen LogP contribution in [0, 0.1) is 6.92 Å². The molecule has 0 radical (unpaired) electrons. The third kappa shape index (κ3) is 7.91. The van der Waals surface area contributed by atoms with Crippen molar-refractivity contribution < 1.29 is 18.0 Å². The number of hydrogen-bond acceptors (Lipinski definition) is 4. The maximum absolute atomic E-state index is 14.0. The van der Waals surface area contributed by atoms with E-state index in [0.717, 1.165) is 16.3 Å². The first-order valence-corrected chi connectivity index (χ1v) is 15.4. The fourth-order valence-electron chi connectivity index (χ4n) is 4.09. The van der Waals surface area contributed by atoms with Gasteiger partial charge in [-0.1, -0.05) is 72.4 Å². The number of carbonyl (C=O) groups is 2. The van der Waals surface area contributed by atoms with E-state index in [0.29, 0.717) is 33.6 Å². The van der Waals surface area contributed by atoms with Crippen molar-refractivity contribution in [2.24, 2.45) is 0 Å². The molecule has 3 aromatic rings. The van der Waals surface area contributed by atoms with Crippen molar-refractivity contribution in [1.82, 2.24) is 10.2 Å². The van der Waals surface area contributed by atoms with E-state index in [9.17, 15) is 18.0 Å². The van der Waals surface area contributed by atoms with Crippen LogP contribution in [0.15, 0.2) is 71.6 Å². The highest BCUT2D eigenvalue weighted by Crippen LogP contribution is 2.27. The van der Waals surface area contributed by atoms with Gasteiger partial charge in [0.25, 0.3) is 10.0 Å². The van der Waals surface area contributed by atoms with Crippen LogP contribution in [0.2, 0.25) is 15.1 Å². The number of carbonyl (C=O) groups excluding carboxylic acids is 2. The molecule has 0 fully saturated rings. The first-order chi connectivity index (χ1) is 19.0. The van der Waals surface area contributed by atoms with Crippen LogP contribution in [-0.4, -0.2) is 44.3 Å². The Morgan fingerprint density at radius 2 is 1.55 bits per heavy atom. The summed E-state index contributed by atoms with van der Waals surface area (Å²) in [5.74, 6) is -0.882. The van der Waals surface area contributed by atoms with E-state index in [1.807, 2.05) is 13.8 Å². The third-order valence-corrected chi connectivity index (χ3v) is 9.05.